The minimum absolute atomic E-state index is 0.0728. The van der Waals surface area contributed by atoms with Gasteiger partial charge in [0.25, 0.3) is 0 Å². The maximum atomic E-state index is 11.0. The highest BCUT2D eigenvalue weighted by Gasteiger charge is 2.25. The first-order chi connectivity index (χ1) is 9.90. The number of rotatable bonds is 5. The molecule has 1 aromatic heterocycles. The normalized spacial score (nSPS) is 12.4. The number of nitrogens with zero attached hydrogens (tertiary/aromatic N) is 3. The zero-order chi connectivity index (χ0) is 15.6. The summed E-state index contributed by atoms with van der Waals surface area (Å²) in [5, 5.41) is 14.9. The molecule has 0 fully saturated rings. The number of benzene rings is 1. The third kappa shape index (κ3) is 3.33. The lowest BCUT2D eigenvalue weighted by Gasteiger charge is -2.23. The van der Waals surface area contributed by atoms with Crippen molar-refractivity contribution in [3.8, 4) is 0 Å². The van der Waals surface area contributed by atoms with E-state index in [0.717, 1.165) is 5.56 Å². The van der Waals surface area contributed by atoms with Crippen molar-refractivity contribution in [1.29, 1.82) is 0 Å². The largest absolute Gasteiger partial charge is 0.406 e. The molecule has 0 bridgehead atoms. The molecular weight excluding hydrogens is 292 g/mol. The molecule has 1 N–H and O–H groups in total. The van der Waals surface area contributed by atoms with Crippen LogP contribution in [0.4, 0.5) is 11.6 Å². The summed E-state index contributed by atoms with van der Waals surface area (Å²) in [4.78, 5) is 14.4. The minimum Gasteiger partial charge on any atom is -0.358 e. The van der Waals surface area contributed by atoms with Gasteiger partial charge >= 0.3 is 5.82 Å². The van der Waals surface area contributed by atoms with Gasteiger partial charge in [0.2, 0.25) is 12.1 Å². The predicted octanol–water partition coefficient (Wildman–Crippen LogP) is 3.79. The van der Waals surface area contributed by atoms with Crippen LogP contribution in [-0.4, -0.2) is 14.5 Å². The predicted molar refractivity (Wildman–Crippen MR) is 82.5 cm³/mol. The number of aryl methyl sites for hydroxylation is 1. The molecule has 0 aliphatic rings. The third-order valence-corrected chi connectivity index (χ3v) is 3.53. The van der Waals surface area contributed by atoms with Crippen molar-refractivity contribution in [3.05, 3.63) is 51.3 Å². The van der Waals surface area contributed by atoms with E-state index in [-0.39, 0.29) is 17.8 Å². The van der Waals surface area contributed by atoms with Gasteiger partial charge in [0, 0.05) is 12.1 Å². The van der Waals surface area contributed by atoms with Crippen LogP contribution in [0.25, 0.3) is 0 Å². The molecule has 1 unspecified atom stereocenters. The summed E-state index contributed by atoms with van der Waals surface area (Å²) in [6.45, 7) is 4.10. The van der Waals surface area contributed by atoms with Crippen molar-refractivity contribution in [1.82, 2.24) is 9.55 Å². The molecule has 21 heavy (non-hydrogen) atoms. The Labute approximate surface area is 127 Å². The van der Waals surface area contributed by atoms with Crippen molar-refractivity contribution < 1.29 is 4.92 Å². The summed E-state index contributed by atoms with van der Waals surface area (Å²) in [5.41, 5.74) is 1.02. The van der Waals surface area contributed by atoms with Gasteiger partial charge < -0.3 is 15.4 Å². The summed E-state index contributed by atoms with van der Waals surface area (Å²) < 4.78 is 1.61. The second-order valence-corrected chi connectivity index (χ2v) is 5.64. The molecule has 0 amide bonds. The van der Waals surface area contributed by atoms with Crippen molar-refractivity contribution >= 4 is 23.2 Å². The number of nitrogens with one attached hydrogen (secondary N) is 1. The molecule has 0 aliphatic carbocycles. The standard InChI is InChI=1S/C14H17ClN4O2/c1-9(2)12(10-4-6-11(15)7-5-10)17-14-13(19(20)21)16-8-18(14)3/h4-9,12,17H,1-3H3. The van der Waals surface area contributed by atoms with E-state index >= 15 is 0 Å². The fraction of sp³-hybridized carbons (Fsp3) is 0.357. The molecule has 2 rings (SSSR count). The Bertz CT molecular complexity index is 637. The van der Waals surface area contributed by atoms with E-state index in [4.69, 9.17) is 11.6 Å². The fourth-order valence-corrected chi connectivity index (χ4v) is 2.30. The molecule has 0 spiro atoms. The van der Waals surface area contributed by atoms with Gasteiger partial charge in [0.15, 0.2) is 0 Å². The smallest absolute Gasteiger partial charge is 0.358 e. The van der Waals surface area contributed by atoms with Gasteiger partial charge in [-0.05, 0) is 33.5 Å². The molecule has 2 aromatic rings. The Hall–Kier alpha value is -2.08. The van der Waals surface area contributed by atoms with Gasteiger partial charge in [-0.3, -0.25) is 4.57 Å². The summed E-state index contributed by atoms with van der Waals surface area (Å²) in [6.07, 6.45) is 1.43. The Kier molecular flexibility index (Phi) is 4.47. The van der Waals surface area contributed by atoms with E-state index in [0.29, 0.717) is 10.8 Å². The maximum Gasteiger partial charge on any atom is 0.406 e. The van der Waals surface area contributed by atoms with Crippen molar-refractivity contribution in [2.24, 2.45) is 13.0 Å². The first-order valence-corrected chi connectivity index (χ1v) is 6.95. The van der Waals surface area contributed by atoms with Crippen LogP contribution in [0.1, 0.15) is 25.5 Å². The highest BCUT2D eigenvalue weighted by molar-refractivity contribution is 6.30. The van der Waals surface area contributed by atoms with Crippen LogP contribution in [0.15, 0.2) is 30.6 Å². The van der Waals surface area contributed by atoms with Crippen LogP contribution in [0.2, 0.25) is 5.02 Å². The quantitative estimate of drug-likeness (QED) is 0.673. The first-order valence-electron chi connectivity index (χ1n) is 6.58. The van der Waals surface area contributed by atoms with Crippen molar-refractivity contribution in [2.45, 2.75) is 19.9 Å². The van der Waals surface area contributed by atoms with Gasteiger partial charge in [-0.1, -0.05) is 37.6 Å². The lowest BCUT2D eigenvalue weighted by Crippen LogP contribution is -2.19. The topological polar surface area (TPSA) is 73.0 Å². The number of aromatic nitrogens is 2. The van der Waals surface area contributed by atoms with Gasteiger partial charge in [0.05, 0.1) is 6.04 Å². The average Bonchev–Trinajstić information content (AvgIpc) is 2.78. The van der Waals surface area contributed by atoms with Gasteiger partial charge in [-0.15, -0.1) is 0 Å². The van der Waals surface area contributed by atoms with Gasteiger partial charge in [-0.25, -0.2) is 0 Å². The third-order valence-electron chi connectivity index (χ3n) is 3.28. The van der Waals surface area contributed by atoms with Crippen molar-refractivity contribution in [3.63, 3.8) is 0 Å². The van der Waals surface area contributed by atoms with E-state index in [9.17, 15) is 10.1 Å². The highest BCUT2D eigenvalue weighted by atomic mass is 35.5. The Morgan fingerprint density at radius 3 is 2.48 bits per heavy atom. The van der Waals surface area contributed by atoms with Crippen LogP contribution in [-0.2, 0) is 7.05 Å². The van der Waals surface area contributed by atoms with Crippen molar-refractivity contribution in [2.75, 3.05) is 5.32 Å². The van der Waals surface area contributed by atoms with E-state index in [1.165, 1.54) is 6.33 Å². The van der Waals surface area contributed by atoms with Crippen LogP contribution < -0.4 is 5.32 Å². The van der Waals surface area contributed by atoms with E-state index in [1.807, 2.05) is 24.3 Å². The van der Waals surface area contributed by atoms with E-state index in [1.54, 1.807) is 11.6 Å². The molecule has 0 radical (unpaired) electrons. The number of nitro groups is 1. The molecule has 1 aromatic carbocycles. The summed E-state index contributed by atoms with van der Waals surface area (Å²) >= 11 is 5.91. The maximum absolute atomic E-state index is 11.0. The minimum atomic E-state index is -0.485. The SMILES string of the molecule is CC(C)C(Nc1c([N+](=O)[O-])ncn1C)c1ccc(Cl)cc1. The average molecular weight is 309 g/mol. The molecule has 1 atom stereocenters. The molecule has 0 saturated heterocycles. The molecule has 112 valence electrons. The lowest BCUT2D eigenvalue weighted by atomic mass is 9.96. The molecular formula is C14H17ClN4O2. The first kappa shape index (κ1) is 15.3. The summed E-state index contributed by atoms with van der Waals surface area (Å²) in [5.74, 6) is 0.464. The Balaban J connectivity index is 2.35. The van der Waals surface area contributed by atoms with Crippen LogP contribution in [0, 0.1) is 16.0 Å². The zero-order valence-corrected chi connectivity index (χ0v) is 12.8. The second kappa shape index (κ2) is 6.13. The number of halogens is 1. The number of anilines is 1. The highest BCUT2D eigenvalue weighted by Crippen LogP contribution is 2.31. The second-order valence-electron chi connectivity index (χ2n) is 5.20. The monoisotopic (exact) mass is 308 g/mol. The zero-order valence-electron chi connectivity index (χ0n) is 12.1. The summed E-state index contributed by atoms with van der Waals surface area (Å²) in [6, 6.07) is 7.39. The number of imidazole rings is 1. The van der Waals surface area contributed by atoms with Gasteiger partial charge in [0.1, 0.15) is 0 Å². The van der Waals surface area contributed by atoms with E-state index < -0.39 is 4.92 Å². The van der Waals surface area contributed by atoms with Gasteiger partial charge in [-0.2, -0.15) is 0 Å². The van der Waals surface area contributed by atoms with Crippen LogP contribution in [0.5, 0.6) is 0 Å². The summed E-state index contributed by atoms with van der Waals surface area (Å²) in [7, 11) is 1.72. The fourth-order valence-electron chi connectivity index (χ4n) is 2.17. The molecule has 0 aliphatic heterocycles. The van der Waals surface area contributed by atoms with Crippen LogP contribution >= 0.6 is 11.6 Å². The molecule has 7 heteroatoms. The number of hydrogen-bond donors (Lipinski definition) is 1. The van der Waals surface area contributed by atoms with Crippen LogP contribution in [0.3, 0.4) is 0 Å². The number of hydrogen-bond acceptors (Lipinski definition) is 4. The lowest BCUT2D eigenvalue weighted by molar-refractivity contribution is -0.388. The van der Waals surface area contributed by atoms with E-state index in [2.05, 4.69) is 24.1 Å². The molecule has 1 heterocycles. The molecule has 6 nitrogen and oxygen atoms in total. The molecule has 0 saturated carbocycles. The Morgan fingerprint density at radius 1 is 1.33 bits per heavy atom. The Morgan fingerprint density at radius 2 is 1.95 bits per heavy atom.